The minimum atomic E-state index is -0.578. The minimum Gasteiger partial charge on any atom is -0.463 e. The first-order chi connectivity index (χ1) is 8.69. The number of carbonyl (C=O) groups is 1. The Morgan fingerprint density at radius 3 is 2.94 bits per heavy atom. The van der Waals surface area contributed by atoms with Crippen molar-refractivity contribution in [3.8, 4) is 0 Å². The zero-order chi connectivity index (χ0) is 13.0. The highest BCUT2D eigenvalue weighted by Crippen LogP contribution is 2.16. The minimum absolute atomic E-state index is 0.00593. The third-order valence-electron chi connectivity index (χ3n) is 2.18. The smallest absolute Gasteiger partial charge is 0.376 e. The molecule has 0 unspecified atom stereocenters. The fraction of sp³-hybridized carbons (Fsp3) is 0.0833. The fourth-order valence-electron chi connectivity index (χ4n) is 1.38. The molecule has 1 aromatic carbocycles. The first kappa shape index (κ1) is 11.8. The van der Waals surface area contributed by atoms with Crippen molar-refractivity contribution in [1.82, 2.24) is 9.97 Å². The lowest BCUT2D eigenvalue weighted by Crippen LogP contribution is -2.08. The molecule has 6 heteroatoms. The zero-order valence-electron chi connectivity index (χ0n) is 9.75. The largest absolute Gasteiger partial charge is 0.463 e. The van der Waals surface area contributed by atoms with Gasteiger partial charge in [-0.25, -0.2) is 14.8 Å². The van der Waals surface area contributed by atoms with E-state index in [1.807, 2.05) is 12.1 Å². The number of anilines is 3. The molecule has 0 aliphatic rings. The lowest BCUT2D eigenvalue weighted by atomic mass is 10.3. The number of hydrogen-bond acceptors (Lipinski definition) is 6. The Bertz CT molecular complexity index is 572. The van der Waals surface area contributed by atoms with Crippen molar-refractivity contribution >= 4 is 23.2 Å². The molecule has 18 heavy (non-hydrogen) atoms. The molecule has 0 radical (unpaired) electrons. The van der Waals surface area contributed by atoms with Crippen molar-refractivity contribution < 1.29 is 9.53 Å². The van der Waals surface area contributed by atoms with E-state index in [-0.39, 0.29) is 5.82 Å². The molecular weight excluding hydrogens is 232 g/mol. The van der Waals surface area contributed by atoms with Gasteiger partial charge in [-0.2, -0.15) is 0 Å². The number of carbonyl (C=O) groups excluding carboxylic acids is 1. The second-order valence-electron chi connectivity index (χ2n) is 3.51. The van der Waals surface area contributed by atoms with Crippen LogP contribution in [0.4, 0.5) is 17.2 Å². The number of rotatable bonds is 3. The van der Waals surface area contributed by atoms with Crippen molar-refractivity contribution in [2.75, 3.05) is 18.2 Å². The first-order valence-electron chi connectivity index (χ1n) is 5.23. The van der Waals surface area contributed by atoms with Crippen LogP contribution >= 0.6 is 0 Å². The highest BCUT2D eigenvalue weighted by molar-refractivity contribution is 5.85. The van der Waals surface area contributed by atoms with E-state index in [9.17, 15) is 4.79 Å². The molecule has 1 aromatic heterocycles. The summed E-state index contributed by atoms with van der Waals surface area (Å²) in [5.41, 5.74) is 7.09. The Morgan fingerprint density at radius 1 is 1.39 bits per heavy atom. The van der Waals surface area contributed by atoms with Gasteiger partial charge in [0.05, 0.1) is 7.11 Å². The van der Waals surface area contributed by atoms with Crippen LogP contribution in [0.25, 0.3) is 0 Å². The number of benzene rings is 1. The van der Waals surface area contributed by atoms with Gasteiger partial charge in [-0.15, -0.1) is 0 Å². The van der Waals surface area contributed by atoms with Crippen molar-refractivity contribution in [1.29, 1.82) is 0 Å². The summed E-state index contributed by atoms with van der Waals surface area (Å²) in [6.07, 6.45) is 1.48. The van der Waals surface area contributed by atoms with Crippen molar-refractivity contribution in [3.63, 3.8) is 0 Å². The second kappa shape index (κ2) is 5.13. The molecule has 2 rings (SSSR count). The summed E-state index contributed by atoms with van der Waals surface area (Å²) in [6, 6.07) is 8.86. The summed E-state index contributed by atoms with van der Waals surface area (Å²) < 4.78 is 4.55. The number of nitrogens with zero attached hydrogens (tertiary/aromatic N) is 2. The summed E-state index contributed by atoms with van der Waals surface area (Å²) >= 11 is 0. The number of nitrogens with two attached hydrogens (primary N) is 1. The molecule has 6 nitrogen and oxygen atoms in total. The van der Waals surface area contributed by atoms with Crippen LogP contribution in [0.15, 0.2) is 36.5 Å². The molecule has 2 aromatic rings. The fourth-order valence-corrected chi connectivity index (χ4v) is 1.38. The lowest BCUT2D eigenvalue weighted by molar-refractivity contribution is 0.0587. The van der Waals surface area contributed by atoms with Crippen LogP contribution in [-0.4, -0.2) is 23.0 Å². The third kappa shape index (κ3) is 2.73. The van der Waals surface area contributed by atoms with E-state index in [0.29, 0.717) is 11.5 Å². The molecule has 1 heterocycles. The van der Waals surface area contributed by atoms with Crippen LogP contribution in [0.5, 0.6) is 0 Å². The molecule has 92 valence electrons. The lowest BCUT2D eigenvalue weighted by Gasteiger charge is -2.06. The highest BCUT2D eigenvalue weighted by Gasteiger charge is 2.09. The zero-order valence-corrected chi connectivity index (χ0v) is 9.75. The predicted molar refractivity (Wildman–Crippen MR) is 67.5 cm³/mol. The molecule has 0 atom stereocenters. The molecule has 0 saturated heterocycles. The van der Waals surface area contributed by atoms with E-state index >= 15 is 0 Å². The summed E-state index contributed by atoms with van der Waals surface area (Å²) in [6.45, 7) is 0. The maximum absolute atomic E-state index is 11.3. The van der Waals surface area contributed by atoms with Crippen LogP contribution < -0.4 is 11.1 Å². The first-order valence-corrected chi connectivity index (χ1v) is 5.23. The SMILES string of the molecule is COC(=O)c1nccc(Nc2cccc(N)c2)n1. The molecule has 0 amide bonds. The quantitative estimate of drug-likeness (QED) is 0.629. The summed E-state index contributed by atoms with van der Waals surface area (Å²) in [4.78, 5) is 19.1. The van der Waals surface area contributed by atoms with Crippen LogP contribution in [0, 0.1) is 0 Å². The van der Waals surface area contributed by atoms with Crippen LogP contribution in [0.3, 0.4) is 0 Å². The van der Waals surface area contributed by atoms with Gasteiger partial charge < -0.3 is 15.8 Å². The van der Waals surface area contributed by atoms with Gasteiger partial charge in [0.25, 0.3) is 0 Å². The molecule has 0 saturated carbocycles. The third-order valence-corrected chi connectivity index (χ3v) is 2.18. The van der Waals surface area contributed by atoms with Gasteiger partial charge in [-0.05, 0) is 24.3 Å². The van der Waals surface area contributed by atoms with Crippen molar-refractivity contribution in [3.05, 3.63) is 42.4 Å². The van der Waals surface area contributed by atoms with Gasteiger partial charge in [-0.1, -0.05) is 6.07 Å². The van der Waals surface area contributed by atoms with Gasteiger partial charge >= 0.3 is 5.97 Å². The molecule has 3 N–H and O–H groups in total. The van der Waals surface area contributed by atoms with Gasteiger partial charge in [0.15, 0.2) is 0 Å². The molecule has 0 fully saturated rings. The highest BCUT2D eigenvalue weighted by atomic mass is 16.5. The van der Waals surface area contributed by atoms with E-state index < -0.39 is 5.97 Å². The van der Waals surface area contributed by atoms with Gasteiger partial charge in [-0.3, -0.25) is 0 Å². The average Bonchev–Trinajstić information content (AvgIpc) is 2.38. The predicted octanol–water partition coefficient (Wildman–Crippen LogP) is 1.59. The molecule has 0 bridgehead atoms. The molecule has 0 aliphatic carbocycles. The number of esters is 1. The van der Waals surface area contributed by atoms with Gasteiger partial charge in [0.2, 0.25) is 5.82 Å². The number of hydrogen-bond donors (Lipinski definition) is 2. The average molecular weight is 244 g/mol. The van der Waals surface area contributed by atoms with Crippen LogP contribution in [-0.2, 0) is 4.74 Å². The molecule has 0 spiro atoms. The summed E-state index contributed by atoms with van der Waals surface area (Å²) in [7, 11) is 1.28. The summed E-state index contributed by atoms with van der Waals surface area (Å²) in [5.74, 6) is -0.0753. The van der Waals surface area contributed by atoms with Crippen molar-refractivity contribution in [2.45, 2.75) is 0 Å². The number of aromatic nitrogens is 2. The Hall–Kier alpha value is -2.63. The van der Waals surface area contributed by atoms with E-state index in [0.717, 1.165) is 5.69 Å². The van der Waals surface area contributed by atoms with Gasteiger partial charge in [0.1, 0.15) is 5.82 Å². The summed E-state index contributed by atoms with van der Waals surface area (Å²) in [5, 5.41) is 3.03. The second-order valence-corrected chi connectivity index (χ2v) is 3.51. The number of ether oxygens (including phenoxy) is 1. The number of nitrogen functional groups attached to an aromatic ring is 1. The maximum atomic E-state index is 11.3. The monoisotopic (exact) mass is 244 g/mol. The van der Waals surface area contributed by atoms with E-state index in [1.165, 1.54) is 13.3 Å². The standard InChI is InChI=1S/C12H12N4O2/c1-18-12(17)11-14-6-5-10(16-11)15-9-4-2-3-8(13)7-9/h2-7H,13H2,1H3,(H,14,15,16). The van der Waals surface area contributed by atoms with Crippen LogP contribution in [0.2, 0.25) is 0 Å². The normalized spacial score (nSPS) is 9.83. The van der Waals surface area contributed by atoms with E-state index in [2.05, 4.69) is 20.0 Å². The topological polar surface area (TPSA) is 90.1 Å². The maximum Gasteiger partial charge on any atom is 0.376 e. The number of methoxy groups -OCH3 is 1. The molecule has 0 aliphatic heterocycles. The molecular formula is C12H12N4O2. The van der Waals surface area contributed by atoms with Gasteiger partial charge in [0, 0.05) is 17.6 Å². The van der Waals surface area contributed by atoms with E-state index in [4.69, 9.17) is 5.73 Å². The van der Waals surface area contributed by atoms with Crippen LogP contribution in [0.1, 0.15) is 10.6 Å². The number of nitrogens with one attached hydrogen (secondary N) is 1. The van der Waals surface area contributed by atoms with Crippen molar-refractivity contribution in [2.24, 2.45) is 0 Å². The Morgan fingerprint density at radius 2 is 2.22 bits per heavy atom. The Labute approximate surface area is 104 Å². The van der Waals surface area contributed by atoms with E-state index in [1.54, 1.807) is 18.2 Å². The Kier molecular flexibility index (Phi) is 3.38. The Balaban J connectivity index is 2.22.